The molecule has 0 saturated carbocycles. The molecule has 42 heavy (non-hydrogen) atoms. The summed E-state index contributed by atoms with van der Waals surface area (Å²) in [6, 6.07) is 14.6. The van der Waals surface area contributed by atoms with E-state index < -0.39 is 17.5 Å². The van der Waals surface area contributed by atoms with Crippen molar-refractivity contribution < 1.29 is 18.0 Å². The zero-order valence-electron chi connectivity index (χ0n) is 22.7. The Labute approximate surface area is 239 Å². The maximum absolute atomic E-state index is 14.4. The van der Waals surface area contributed by atoms with Gasteiger partial charge in [-0.1, -0.05) is 24.3 Å². The number of carbonyl (C=O) groups is 1. The summed E-state index contributed by atoms with van der Waals surface area (Å²) >= 11 is 0. The number of anilines is 2. The van der Waals surface area contributed by atoms with E-state index in [1.54, 1.807) is 23.2 Å². The van der Waals surface area contributed by atoms with Crippen LogP contribution in [-0.2, 0) is 19.5 Å². The fourth-order valence-corrected chi connectivity index (χ4v) is 6.09. The zero-order chi connectivity index (χ0) is 29.0. The Hall–Kier alpha value is -4.64. The smallest absolute Gasteiger partial charge is 0.274 e. The summed E-state index contributed by atoms with van der Waals surface area (Å²) in [5.74, 6) is -1.79. The van der Waals surface area contributed by atoms with Crippen molar-refractivity contribution in [2.45, 2.75) is 19.5 Å². The highest BCUT2D eigenvalue weighted by Crippen LogP contribution is 2.28. The van der Waals surface area contributed by atoms with E-state index in [0.29, 0.717) is 49.4 Å². The molecule has 1 amide bonds. The van der Waals surface area contributed by atoms with E-state index in [0.717, 1.165) is 36.7 Å². The summed E-state index contributed by atoms with van der Waals surface area (Å²) in [5, 5.41) is 0.483. The summed E-state index contributed by atoms with van der Waals surface area (Å²) in [7, 11) is 0. The van der Waals surface area contributed by atoms with Crippen molar-refractivity contribution in [3.8, 4) is 0 Å². The molecule has 5 aromatic rings. The molecular formula is C31H28F3N7O. The fraction of sp³-hybridized carbons (Fsp3) is 0.258. The van der Waals surface area contributed by atoms with Crippen molar-refractivity contribution in [2.75, 3.05) is 43.4 Å². The van der Waals surface area contributed by atoms with Crippen molar-refractivity contribution in [3.05, 3.63) is 101 Å². The number of benzene rings is 3. The van der Waals surface area contributed by atoms with Crippen LogP contribution >= 0.6 is 0 Å². The average Bonchev–Trinajstić information content (AvgIpc) is 3.45. The molecule has 8 nitrogen and oxygen atoms in total. The van der Waals surface area contributed by atoms with E-state index in [1.165, 1.54) is 28.2 Å². The monoisotopic (exact) mass is 571 g/mol. The first-order valence-electron chi connectivity index (χ1n) is 13.9. The molecule has 4 heterocycles. The molecule has 0 spiro atoms. The third kappa shape index (κ3) is 4.59. The van der Waals surface area contributed by atoms with Crippen LogP contribution in [0.5, 0.6) is 0 Å². The minimum atomic E-state index is -0.581. The van der Waals surface area contributed by atoms with Crippen molar-refractivity contribution in [3.63, 3.8) is 0 Å². The van der Waals surface area contributed by atoms with Crippen LogP contribution in [0, 0.1) is 17.5 Å². The lowest BCUT2D eigenvalue weighted by Crippen LogP contribution is -2.46. The highest BCUT2D eigenvalue weighted by molar-refractivity contribution is 5.97. The van der Waals surface area contributed by atoms with E-state index in [-0.39, 0.29) is 23.1 Å². The highest BCUT2D eigenvalue weighted by atomic mass is 19.1. The Balaban J connectivity index is 1.09. The summed E-state index contributed by atoms with van der Waals surface area (Å²) < 4.78 is 43.5. The lowest BCUT2D eigenvalue weighted by Gasteiger charge is -2.37. The maximum Gasteiger partial charge on any atom is 0.274 e. The number of amides is 1. The largest absolute Gasteiger partial charge is 0.369 e. The first kappa shape index (κ1) is 26.3. The lowest BCUT2D eigenvalue weighted by atomic mass is 9.94. The molecular weight excluding hydrogens is 543 g/mol. The van der Waals surface area contributed by atoms with Gasteiger partial charge in [0.15, 0.2) is 0 Å². The molecule has 2 N–H and O–H groups in total. The minimum absolute atomic E-state index is 0.0580. The number of imidazole rings is 1. The van der Waals surface area contributed by atoms with E-state index in [2.05, 4.69) is 33.1 Å². The van der Waals surface area contributed by atoms with Gasteiger partial charge < -0.3 is 15.5 Å². The third-order valence-corrected chi connectivity index (χ3v) is 8.30. The number of carbonyl (C=O) groups excluding carboxylic acids is 1. The van der Waals surface area contributed by atoms with Gasteiger partial charge in [-0.3, -0.25) is 14.1 Å². The van der Waals surface area contributed by atoms with Gasteiger partial charge in [0.1, 0.15) is 34.3 Å². The van der Waals surface area contributed by atoms with Gasteiger partial charge in [-0.15, -0.1) is 0 Å². The first-order chi connectivity index (χ1) is 20.4. The van der Waals surface area contributed by atoms with Crippen molar-refractivity contribution in [1.29, 1.82) is 0 Å². The number of hydrogen-bond donors (Lipinski definition) is 1. The highest BCUT2D eigenvalue weighted by Gasteiger charge is 2.27. The predicted molar refractivity (Wildman–Crippen MR) is 154 cm³/mol. The normalized spacial score (nSPS) is 15.9. The van der Waals surface area contributed by atoms with E-state index in [4.69, 9.17) is 5.73 Å². The van der Waals surface area contributed by atoms with Crippen LogP contribution in [0.3, 0.4) is 0 Å². The molecule has 0 radical (unpaired) electrons. The topological polar surface area (TPSA) is 83.0 Å². The Morgan fingerprint density at radius 1 is 0.905 bits per heavy atom. The number of halogens is 3. The number of nitrogens with zero attached hydrogens (tertiary/aromatic N) is 6. The summed E-state index contributed by atoms with van der Waals surface area (Å²) in [4.78, 5) is 28.4. The Morgan fingerprint density at radius 2 is 1.71 bits per heavy atom. The van der Waals surface area contributed by atoms with Crippen LogP contribution in [0.2, 0.25) is 0 Å². The minimum Gasteiger partial charge on any atom is -0.369 e. The molecule has 3 aromatic carbocycles. The van der Waals surface area contributed by atoms with Crippen LogP contribution in [-0.4, -0.2) is 62.8 Å². The number of nitrogen functional groups attached to an aromatic ring is 1. The van der Waals surface area contributed by atoms with Gasteiger partial charge in [-0.2, -0.15) is 0 Å². The number of nitrogens with two attached hydrogens (primary N) is 1. The molecule has 2 aromatic heterocycles. The molecule has 2 aliphatic rings. The van der Waals surface area contributed by atoms with Crippen LogP contribution in [0.15, 0.2) is 60.8 Å². The Bertz CT molecular complexity index is 1850. The molecule has 7 rings (SSSR count). The van der Waals surface area contributed by atoms with Crippen molar-refractivity contribution in [2.24, 2.45) is 0 Å². The predicted octanol–water partition coefficient (Wildman–Crippen LogP) is 4.40. The SMILES string of the molecule is Nc1nc2c(F)cccc2c2nc(C(=O)N3CCc4cccc(CN5CCN(c6ccc(F)cc6F)CC5)c4C3)cn12. The van der Waals surface area contributed by atoms with Crippen molar-refractivity contribution in [1.82, 2.24) is 24.2 Å². The van der Waals surface area contributed by atoms with E-state index in [9.17, 15) is 18.0 Å². The molecule has 1 saturated heterocycles. The standard InChI is InChI=1S/C31H28F3N7O/c32-21-7-8-27(25(34)15-21)39-13-11-38(12-14-39)16-20-4-1-3-19-9-10-40(17-23(19)20)30(42)26-18-41-29(36-26)22-5-2-6-24(33)28(22)37-31(41)35/h1-8,15,18H,9-14,16-17H2,(H2,35,37). The molecule has 0 atom stereocenters. The van der Waals surface area contributed by atoms with Crippen LogP contribution in [0.25, 0.3) is 16.6 Å². The van der Waals surface area contributed by atoms with Crippen LogP contribution in [0.4, 0.5) is 24.8 Å². The molecule has 2 aliphatic heterocycles. The number of piperazine rings is 1. The quantitative estimate of drug-likeness (QED) is 0.344. The lowest BCUT2D eigenvalue weighted by molar-refractivity contribution is 0.0728. The number of fused-ring (bicyclic) bond motifs is 4. The van der Waals surface area contributed by atoms with Gasteiger partial charge in [0.2, 0.25) is 5.95 Å². The Kier molecular flexibility index (Phi) is 6.46. The van der Waals surface area contributed by atoms with E-state index in [1.807, 2.05) is 4.90 Å². The molecule has 214 valence electrons. The average molecular weight is 572 g/mol. The zero-order valence-corrected chi connectivity index (χ0v) is 22.7. The fourth-order valence-electron chi connectivity index (χ4n) is 6.09. The third-order valence-electron chi connectivity index (χ3n) is 8.30. The first-order valence-corrected chi connectivity index (χ1v) is 13.9. The molecule has 0 unspecified atom stereocenters. The summed E-state index contributed by atoms with van der Waals surface area (Å²) in [5.41, 5.74) is 10.7. The van der Waals surface area contributed by atoms with Gasteiger partial charge in [0, 0.05) is 63.5 Å². The molecule has 0 bridgehead atoms. The molecule has 0 aliphatic carbocycles. The maximum atomic E-state index is 14.4. The number of hydrogen-bond acceptors (Lipinski definition) is 6. The van der Waals surface area contributed by atoms with Gasteiger partial charge in [0.05, 0.1) is 5.69 Å². The van der Waals surface area contributed by atoms with Gasteiger partial charge in [-0.25, -0.2) is 23.1 Å². The second kappa shape index (κ2) is 10.3. The summed E-state index contributed by atoms with van der Waals surface area (Å²) in [6.07, 6.45) is 2.28. The summed E-state index contributed by atoms with van der Waals surface area (Å²) in [6.45, 7) is 4.43. The number of para-hydroxylation sites is 1. The molecule has 1 fully saturated rings. The van der Waals surface area contributed by atoms with Crippen LogP contribution < -0.4 is 10.6 Å². The van der Waals surface area contributed by atoms with E-state index >= 15 is 0 Å². The second-order valence-electron chi connectivity index (χ2n) is 10.8. The van der Waals surface area contributed by atoms with Gasteiger partial charge in [-0.05, 0) is 47.4 Å². The number of aromatic nitrogens is 3. The van der Waals surface area contributed by atoms with Gasteiger partial charge in [0.25, 0.3) is 5.91 Å². The number of rotatable bonds is 4. The van der Waals surface area contributed by atoms with Gasteiger partial charge >= 0.3 is 0 Å². The second-order valence-corrected chi connectivity index (χ2v) is 10.8. The van der Waals surface area contributed by atoms with Crippen molar-refractivity contribution >= 4 is 34.1 Å². The van der Waals surface area contributed by atoms with Crippen LogP contribution in [0.1, 0.15) is 27.2 Å². The Morgan fingerprint density at radius 3 is 2.52 bits per heavy atom. The molecule has 11 heteroatoms.